The van der Waals surface area contributed by atoms with Gasteiger partial charge in [0.2, 0.25) is 0 Å². The normalized spacial score (nSPS) is 35.0. The van der Waals surface area contributed by atoms with Crippen LogP contribution in [0.4, 0.5) is 0 Å². The Morgan fingerprint density at radius 2 is 1.47 bits per heavy atom. The summed E-state index contributed by atoms with van der Waals surface area (Å²) in [7, 11) is 0. The van der Waals surface area contributed by atoms with Crippen molar-refractivity contribution in [3.8, 4) is 0 Å². The molecule has 0 radical (unpaired) electrons. The second-order valence-corrected chi connectivity index (χ2v) is 15.3. The molecule has 4 rings (SSSR count). The molecule has 9 nitrogen and oxygen atoms in total. The largest absolute Gasteiger partial charge is 0.461 e. The molecule has 4 aliphatic carbocycles. The fourth-order valence-corrected chi connectivity index (χ4v) is 9.38. The van der Waals surface area contributed by atoms with Gasteiger partial charge in [0.15, 0.2) is 11.4 Å². The summed E-state index contributed by atoms with van der Waals surface area (Å²) >= 11 is 0. The Kier molecular flexibility index (Phi) is 11.5. The Labute approximate surface area is 280 Å². The predicted octanol–water partition coefficient (Wildman–Crippen LogP) is 6.32. The summed E-state index contributed by atoms with van der Waals surface area (Å²) in [5.41, 5.74) is -4.83. The lowest BCUT2D eigenvalue weighted by atomic mass is 9.59. The summed E-state index contributed by atoms with van der Waals surface area (Å²) < 4.78 is 17.7. The Morgan fingerprint density at radius 1 is 0.894 bits per heavy atom. The number of esters is 3. The van der Waals surface area contributed by atoms with Crippen LogP contribution < -0.4 is 0 Å². The number of aliphatic hydroxyl groups is 2. The summed E-state index contributed by atoms with van der Waals surface area (Å²) in [5.74, 6) is -5.00. The van der Waals surface area contributed by atoms with E-state index in [4.69, 9.17) is 14.2 Å². The van der Waals surface area contributed by atoms with E-state index in [0.717, 1.165) is 19.3 Å². The van der Waals surface area contributed by atoms with Gasteiger partial charge in [-0.2, -0.15) is 0 Å². The van der Waals surface area contributed by atoms with E-state index >= 15 is 0 Å². The Hall–Kier alpha value is -2.52. The Balaban J connectivity index is 1.55. The molecular weight excluding hydrogens is 600 g/mol. The minimum absolute atomic E-state index is 0.125. The zero-order chi connectivity index (χ0) is 34.8. The van der Waals surface area contributed by atoms with Crippen LogP contribution in [0.25, 0.3) is 0 Å². The zero-order valence-electron chi connectivity index (χ0n) is 29.7. The number of carbonyl (C=O) groups is 4. The number of Topliss-reactive ketones (excluding diaryl/α,β-unsaturated/α-hetero) is 1. The third-order valence-electron chi connectivity index (χ3n) is 11.8. The van der Waals surface area contributed by atoms with Crippen molar-refractivity contribution in [1.29, 1.82) is 0 Å². The SMILES string of the molecule is CCCCCCCCCCCCCC(=O)O[C@@H]1[C@@H](C)[C@@]2(O)[C@@H](C=C(COC(C)=O)C[C@]3(O)C(=O)C(C)=C[C@@H]23)[C@@H]2C(C)(C)[C@]12OC(C)=O. The molecule has 0 bridgehead atoms. The van der Waals surface area contributed by atoms with Crippen LogP contribution in [0.5, 0.6) is 0 Å². The first-order valence-corrected chi connectivity index (χ1v) is 18.0. The highest BCUT2D eigenvalue weighted by Crippen LogP contribution is 2.77. The topological polar surface area (TPSA) is 136 Å². The van der Waals surface area contributed by atoms with E-state index in [1.165, 1.54) is 58.8 Å². The highest BCUT2D eigenvalue weighted by molar-refractivity contribution is 6.04. The van der Waals surface area contributed by atoms with Crippen molar-refractivity contribution in [2.24, 2.45) is 29.1 Å². The highest BCUT2D eigenvalue weighted by atomic mass is 16.6. The smallest absolute Gasteiger partial charge is 0.306 e. The van der Waals surface area contributed by atoms with E-state index in [1.807, 2.05) is 13.8 Å². The van der Waals surface area contributed by atoms with Crippen LogP contribution in [0.1, 0.15) is 132 Å². The van der Waals surface area contributed by atoms with Crippen LogP contribution >= 0.6 is 0 Å². The van der Waals surface area contributed by atoms with E-state index in [2.05, 4.69) is 6.92 Å². The van der Waals surface area contributed by atoms with Crippen molar-refractivity contribution in [2.75, 3.05) is 6.61 Å². The average Bonchev–Trinajstić information content (AvgIpc) is 3.42. The van der Waals surface area contributed by atoms with Gasteiger partial charge in [0.05, 0.1) is 5.60 Å². The van der Waals surface area contributed by atoms with Gasteiger partial charge in [-0.05, 0) is 24.5 Å². The number of unbranched alkanes of at least 4 members (excludes halogenated alkanes) is 10. The number of hydrogen-bond acceptors (Lipinski definition) is 9. The quantitative estimate of drug-likeness (QED) is 0.0845. The van der Waals surface area contributed by atoms with Crippen LogP contribution in [-0.4, -0.2) is 63.4 Å². The molecule has 0 aromatic carbocycles. The summed E-state index contributed by atoms with van der Waals surface area (Å²) in [6.07, 6.45) is 15.2. The third kappa shape index (κ3) is 6.85. The number of ether oxygens (including phenoxy) is 3. The minimum Gasteiger partial charge on any atom is -0.461 e. The third-order valence-corrected chi connectivity index (χ3v) is 11.8. The van der Waals surface area contributed by atoms with Gasteiger partial charge in [-0.1, -0.05) is 104 Å². The number of carbonyl (C=O) groups excluding carboxylic acids is 4. The average molecular weight is 659 g/mol. The molecule has 9 heteroatoms. The van der Waals surface area contributed by atoms with Crippen LogP contribution in [0.2, 0.25) is 0 Å². The second-order valence-electron chi connectivity index (χ2n) is 15.3. The van der Waals surface area contributed by atoms with Gasteiger partial charge < -0.3 is 24.4 Å². The van der Waals surface area contributed by atoms with E-state index in [1.54, 1.807) is 26.0 Å². The summed E-state index contributed by atoms with van der Waals surface area (Å²) in [6.45, 7) is 11.9. The number of fused-ring (bicyclic) bond motifs is 5. The Morgan fingerprint density at radius 3 is 2.02 bits per heavy atom. The Bertz CT molecular complexity index is 1270. The van der Waals surface area contributed by atoms with Gasteiger partial charge in [-0.15, -0.1) is 0 Å². The van der Waals surface area contributed by atoms with Crippen molar-refractivity contribution < 1.29 is 43.6 Å². The number of hydrogen-bond donors (Lipinski definition) is 2. The standard InChI is InChI=1S/C38H58O9/c1-8-9-10-11-12-13-14-15-16-17-18-19-31(41)46-34-25(3)37(44)29(32-35(6,7)38(32,34)47-27(5)40)21-28(23-45-26(4)39)22-36(43)30(37)20-24(2)33(36)42/h20-21,25,29-30,32,34,43-44H,8-19,22-23H2,1-7H3/t25-,29+,30-,32-,34-,36-,37-,38-/m1/s1. The molecule has 8 atom stereocenters. The van der Waals surface area contributed by atoms with E-state index in [9.17, 15) is 29.4 Å². The number of rotatable bonds is 16. The maximum Gasteiger partial charge on any atom is 0.306 e. The maximum atomic E-state index is 13.5. The van der Waals surface area contributed by atoms with Gasteiger partial charge in [-0.25, -0.2) is 0 Å². The lowest BCUT2D eigenvalue weighted by Gasteiger charge is -2.53. The predicted molar refractivity (Wildman–Crippen MR) is 177 cm³/mol. The van der Waals surface area contributed by atoms with Gasteiger partial charge in [0.25, 0.3) is 0 Å². The molecule has 0 aliphatic heterocycles. The second kappa shape index (κ2) is 14.5. The van der Waals surface area contributed by atoms with Crippen molar-refractivity contribution in [3.63, 3.8) is 0 Å². The molecule has 2 N–H and O–H groups in total. The molecule has 2 fully saturated rings. The molecule has 0 unspecified atom stereocenters. The molecule has 0 saturated heterocycles. The first kappa shape index (κ1) is 37.3. The van der Waals surface area contributed by atoms with Crippen molar-refractivity contribution in [2.45, 2.75) is 155 Å². The van der Waals surface area contributed by atoms with Crippen molar-refractivity contribution in [3.05, 3.63) is 23.3 Å². The van der Waals surface area contributed by atoms with Crippen LogP contribution in [0.3, 0.4) is 0 Å². The molecule has 2 saturated carbocycles. The highest BCUT2D eigenvalue weighted by Gasteiger charge is 2.87. The zero-order valence-corrected chi connectivity index (χ0v) is 29.7. The molecule has 264 valence electrons. The monoisotopic (exact) mass is 658 g/mol. The van der Waals surface area contributed by atoms with Gasteiger partial charge in [0.1, 0.15) is 18.3 Å². The van der Waals surface area contributed by atoms with E-state index in [-0.39, 0.29) is 19.4 Å². The van der Waals surface area contributed by atoms with Gasteiger partial charge in [-0.3, -0.25) is 19.2 Å². The molecule has 0 heterocycles. The summed E-state index contributed by atoms with van der Waals surface area (Å²) in [6, 6.07) is 0. The molecule has 47 heavy (non-hydrogen) atoms. The molecule has 0 amide bonds. The first-order valence-electron chi connectivity index (χ1n) is 18.0. The minimum atomic E-state index is -1.97. The van der Waals surface area contributed by atoms with E-state index < -0.39 is 75.7 Å². The first-order chi connectivity index (χ1) is 22.1. The van der Waals surface area contributed by atoms with Crippen LogP contribution in [-0.2, 0) is 33.4 Å². The summed E-state index contributed by atoms with van der Waals surface area (Å²) in [4.78, 5) is 51.3. The fourth-order valence-electron chi connectivity index (χ4n) is 9.38. The fraction of sp³-hybridized carbons (Fsp3) is 0.789. The van der Waals surface area contributed by atoms with Gasteiger partial charge in [0, 0.05) is 55.8 Å². The number of ketones is 1. The molecule has 4 aliphatic rings. The van der Waals surface area contributed by atoms with Gasteiger partial charge >= 0.3 is 17.9 Å². The van der Waals surface area contributed by atoms with Crippen LogP contribution in [0, 0.1) is 29.1 Å². The lowest BCUT2D eigenvalue weighted by Crippen LogP contribution is -2.66. The molecule has 0 spiro atoms. The molecule has 0 aromatic rings. The maximum absolute atomic E-state index is 13.5. The van der Waals surface area contributed by atoms with Crippen molar-refractivity contribution in [1.82, 2.24) is 0 Å². The van der Waals surface area contributed by atoms with Crippen LogP contribution in [0.15, 0.2) is 23.3 Å². The summed E-state index contributed by atoms with van der Waals surface area (Å²) in [5, 5.41) is 24.9. The molecule has 0 aromatic heterocycles. The van der Waals surface area contributed by atoms with E-state index in [0.29, 0.717) is 17.6 Å². The van der Waals surface area contributed by atoms with Crippen molar-refractivity contribution >= 4 is 23.7 Å². The molecular formula is C38H58O9. The lowest BCUT2D eigenvalue weighted by molar-refractivity contribution is -0.228.